The minimum absolute atomic E-state index is 0.0294. The zero-order valence-corrected chi connectivity index (χ0v) is 9.62. The quantitative estimate of drug-likeness (QED) is 0.888. The molecule has 17 heavy (non-hydrogen) atoms. The molecule has 0 saturated heterocycles. The Labute approximate surface area is 98.8 Å². The highest BCUT2D eigenvalue weighted by molar-refractivity contribution is 7.89. The Morgan fingerprint density at radius 2 is 1.71 bits per heavy atom. The molecule has 0 amide bonds. The molecule has 0 aliphatic rings. The number of benzene rings is 2. The lowest BCUT2D eigenvalue weighted by atomic mass is 10.1. The molecular formula is C12H10FNO2S. The molecule has 0 saturated carbocycles. The van der Waals surface area contributed by atoms with Gasteiger partial charge in [-0.3, -0.25) is 0 Å². The molecule has 5 heteroatoms. The standard InChI is InChI=1S/C12H10FNO2S/c13-12-7-2-1-6-11(12)9-4-3-5-10(8-9)17(14,15)16/h1-8H,(H2,14,15,16). The maximum Gasteiger partial charge on any atom is 0.238 e. The third-order valence-electron chi connectivity index (χ3n) is 2.35. The van der Waals surface area contributed by atoms with Gasteiger partial charge in [0.05, 0.1) is 4.90 Å². The molecule has 2 aromatic rings. The Hall–Kier alpha value is -1.72. The fourth-order valence-corrected chi connectivity index (χ4v) is 2.10. The van der Waals surface area contributed by atoms with Crippen molar-refractivity contribution in [2.24, 2.45) is 5.14 Å². The SMILES string of the molecule is NS(=O)(=O)c1cccc(-c2ccccc2F)c1. The first-order chi connectivity index (χ1) is 7.98. The number of hydrogen-bond donors (Lipinski definition) is 1. The van der Waals surface area contributed by atoms with E-state index in [2.05, 4.69) is 0 Å². The second-order valence-electron chi connectivity index (χ2n) is 3.55. The van der Waals surface area contributed by atoms with Gasteiger partial charge in [-0.25, -0.2) is 17.9 Å². The second-order valence-corrected chi connectivity index (χ2v) is 5.11. The zero-order valence-electron chi connectivity index (χ0n) is 8.80. The second kappa shape index (κ2) is 4.27. The first-order valence-corrected chi connectivity index (χ1v) is 6.41. The summed E-state index contributed by atoms with van der Waals surface area (Å²) in [4.78, 5) is -0.0294. The highest BCUT2D eigenvalue weighted by Crippen LogP contribution is 2.24. The largest absolute Gasteiger partial charge is 0.238 e. The minimum Gasteiger partial charge on any atom is -0.225 e. The molecule has 0 aliphatic heterocycles. The van der Waals surface area contributed by atoms with E-state index in [1.165, 1.54) is 24.3 Å². The molecule has 2 aromatic carbocycles. The molecule has 2 N–H and O–H groups in total. The molecule has 0 heterocycles. The number of sulfonamides is 1. The lowest BCUT2D eigenvalue weighted by Crippen LogP contribution is -2.11. The Balaban J connectivity index is 2.59. The molecule has 0 radical (unpaired) electrons. The van der Waals surface area contributed by atoms with E-state index in [4.69, 9.17) is 5.14 Å². The van der Waals surface area contributed by atoms with E-state index in [0.29, 0.717) is 11.1 Å². The van der Waals surface area contributed by atoms with Crippen LogP contribution in [0.5, 0.6) is 0 Å². The molecule has 0 bridgehead atoms. The molecule has 0 spiro atoms. The van der Waals surface area contributed by atoms with Crippen molar-refractivity contribution < 1.29 is 12.8 Å². The van der Waals surface area contributed by atoms with Crippen LogP contribution in [-0.2, 0) is 10.0 Å². The molecule has 3 nitrogen and oxygen atoms in total. The fraction of sp³-hybridized carbons (Fsp3) is 0. The van der Waals surface area contributed by atoms with Crippen molar-refractivity contribution in [3.05, 3.63) is 54.3 Å². The molecular weight excluding hydrogens is 241 g/mol. The predicted molar refractivity (Wildman–Crippen MR) is 63.2 cm³/mol. The molecule has 0 aliphatic carbocycles. The van der Waals surface area contributed by atoms with E-state index in [1.54, 1.807) is 24.3 Å². The zero-order chi connectivity index (χ0) is 12.5. The number of primary sulfonamides is 1. The van der Waals surface area contributed by atoms with Gasteiger partial charge < -0.3 is 0 Å². The van der Waals surface area contributed by atoms with Gasteiger partial charge in [-0.15, -0.1) is 0 Å². The van der Waals surface area contributed by atoms with Gasteiger partial charge in [0, 0.05) is 5.56 Å². The summed E-state index contributed by atoms with van der Waals surface area (Å²) < 4.78 is 35.9. The van der Waals surface area contributed by atoms with Gasteiger partial charge >= 0.3 is 0 Å². The third kappa shape index (κ3) is 2.51. The van der Waals surface area contributed by atoms with E-state index in [-0.39, 0.29) is 4.90 Å². The summed E-state index contributed by atoms with van der Waals surface area (Å²) in [5.41, 5.74) is 0.827. The van der Waals surface area contributed by atoms with Crippen LogP contribution in [0.1, 0.15) is 0 Å². The average Bonchev–Trinajstić information content (AvgIpc) is 2.29. The Kier molecular flexibility index (Phi) is 2.95. The van der Waals surface area contributed by atoms with E-state index < -0.39 is 15.8 Å². The molecule has 0 unspecified atom stereocenters. The summed E-state index contributed by atoms with van der Waals surface area (Å²) in [5, 5.41) is 5.02. The van der Waals surface area contributed by atoms with Crippen LogP contribution in [-0.4, -0.2) is 8.42 Å². The van der Waals surface area contributed by atoms with E-state index in [9.17, 15) is 12.8 Å². The van der Waals surface area contributed by atoms with Crippen LogP contribution < -0.4 is 5.14 Å². The van der Waals surface area contributed by atoms with Crippen LogP contribution in [0, 0.1) is 5.82 Å². The molecule has 0 aromatic heterocycles. The molecule has 2 rings (SSSR count). The van der Waals surface area contributed by atoms with Crippen molar-refractivity contribution in [1.29, 1.82) is 0 Å². The topological polar surface area (TPSA) is 60.2 Å². The Morgan fingerprint density at radius 3 is 2.35 bits per heavy atom. The number of hydrogen-bond acceptors (Lipinski definition) is 2. The van der Waals surface area contributed by atoms with Crippen molar-refractivity contribution in [3.8, 4) is 11.1 Å². The lowest BCUT2D eigenvalue weighted by molar-refractivity contribution is 0.597. The van der Waals surface area contributed by atoms with Crippen LogP contribution in [0.2, 0.25) is 0 Å². The van der Waals surface area contributed by atoms with E-state index in [1.807, 2.05) is 0 Å². The van der Waals surface area contributed by atoms with Crippen LogP contribution in [0.3, 0.4) is 0 Å². The maximum absolute atomic E-state index is 13.5. The maximum atomic E-state index is 13.5. The van der Waals surface area contributed by atoms with E-state index in [0.717, 1.165) is 0 Å². The van der Waals surface area contributed by atoms with Crippen molar-refractivity contribution in [3.63, 3.8) is 0 Å². The Morgan fingerprint density at radius 1 is 1.00 bits per heavy atom. The van der Waals surface area contributed by atoms with Crippen LogP contribution in [0.25, 0.3) is 11.1 Å². The van der Waals surface area contributed by atoms with Crippen molar-refractivity contribution in [1.82, 2.24) is 0 Å². The first kappa shape index (κ1) is 11.8. The summed E-state index contributed by atoms with van der Waals surface area (Å²) in [7, 11) is -3.77. The predicted octanol–water partition coefficient (Wildman–Crippen LogP) is 2.14. The number of nitrogens with two attached hydrogens (primary N) is 1. The first-order valence-electron chi connectivity index (χ1n) is 4.86. The van der Waals surface area contributed by atoms with Crippen molar-refractivity contribution in [2.45, 2.75) is 4.90 Å². The highest BCUT2D eigenvalue weighted by atomic mass is 32.2. The van der Waals surface area contributed by atoms with Crippen molar-refractivity contribution in [2.75, 3.05) is 0 Å². The lowest BCUT2D eigenvalue weighted by Gasteiger charge is -2.05. The van der Waals surface area contributed by atoms with Gasteiger partial charge in [0.25, 0.3) is 0 Å². The summed E-state index contributed by atoms with van der Waals surface area (Å²) in [6.45, 7) is 0. The normalized spacial score (nSPS) is 11.4. The minimum atomic E-state index is -3.77. The van der Waals surface area contributed by atoms with Gasteiger partial charge in [0.1, 0.15) is 5.82 Å². The van der Waals surface area contributed by atoms with Crippen LogP contribution in [0.4, 0.5) is 4.39 Å². The summed E-state index contributed by atoms with van der Waals surface area (Å²) >= 11 is 0. The van der Waals surface area contributed by atoms with Gasteiger partial charge in [-0.2, -0.15) is 0 Å². The molecule has 0 fully saturated rings. The fourth-order valence-electron chi connectivity index (χ4n) is 1.54. The highest BCUT2D eigenvalue weighted by Gasteiger charge is 2.10. The van der Waals surface area contributed by atoms with Gasteiger partial charge in [0.15, 0.2) is 0 Å². The smallest absolute Gasteiger partial charge is 0.225 e. The van der Waals surface area contributed by atoms with Gasteiger partial charge in [0.2, 0.25) is 10.0 Å². The van der Waals surface area contributed by atoms with E-state index >= 15 is 0 Å². The monoisotopic (exact) mass is 251 g/mol. The summed E-state index contributed by atoms with van der Waals surface area (Å²) in [6, 6.07) is 12.0. The summed E-state index contributed by atoms with van der Waals surface area (Å²) in [6.07, 6.45) is 0. The third-order valence-corrected chi connectivity index (χ3v) is 3.26. The van der Waals surface area contributed by atoms with Gasteiger partial charge in [-0.1, -0.05) is 30.3 Å². The number of rotatable bonds is 2. The molecule has 88 valence electrons. The molecule has 0 atom stereocenters. The summed E-state index contributed by atoms with van der Waals surface area (Å²) in [5.74, 6) is -0.404. The van der Waals surface area contributed by atoms with Crippen molar-refractivity contribution >= 4 is 10.0 Å². The average molecular weight is 251 g/mol. The number of halogens is 1. The Bertz CT molecular complexity index is 653. The van der Waals surface area contributed by atoms with Gasteiger partial charge in [-0.05, 0) is 23.8 Å². The van der Waals surface area contributed by atoms with Crippen LogP contribution in [0.15, 0.2) is 53.4 Å². The van der Waals surface area contributed by atoms with Crippen LogP contribution >= 0.6 is 0 Å².